The largest absolute Gasteiger partial charge is 0.394 e. The van der Waals surface area contributed by atoms with Crippen molar-refractivity contribution in [2.75, 3.05) is 19.8 Å². The highest BCUT2D eigenvalue weighted by Gasteiger charge is 2.44. The van der Waals surface area contributed by atoms with Crippen LogP contribution >= 0.6 is 0 Å². The Morgan fingerprint density at radius 2 is 2.00 bits per heavy atom. The van der Waals surface area contributed by atoms with Crippen LogP contribution < -0.4 is 5.32 Å². The molecule has 0 aromatic rings. The quantitative estimate of drug-likeness (QED) is 0.329. The number of carbonyl (C=O) groups is 1. The summed E-state index contributed by atoms with van der Waals surface area (Å²) in [4.78, 5) is 11.3. The van der Waals surface area contributed by atoms with E-state index in [1.165, 1.54) is 6.08 Å². The van der Waals surface area contributed by atoms with Gasteiger partial charge in [-0.2, -0.15) is 0 Å². The monoisotopic (exact) mass is 277 g/mol. The van der Waals surface area contributed by atoms with Gasteiger partial charge in [-0.3, -0.25) is 4.79 Å². The Morgan fingerprint density at radius 1 is 1.32 bits per heavy atom. The number of aliphatic hydroxyl groups excluding tert-OH is 4. The maximum atomic E-state index is 11.3. The van der Waals surface area contributed by atoms with Crippen LogP contribution in [0.2, 0.25) is 0 Å². The van der Waals surface area contributed by atoms with Gasteiger partial charge in [0, 0.05) is 6.54 Å². The SMILES string of the molecule is C=CCNC(=O)CO[C@H]1O[C@H](CO)[C@@H](O)[C@H](O)[C@H]1O. The minimum atomic E-state index is -1.52. The lowest BCUT2D eigenvalue weighted by molar-refractivity contribution is -0.299. The van der Waals surface area contributed by atoms with Gasteiger partial charge in [0.05, 0.1) is 6.61 Å². The molecular formula is C11H19NO7. The molecule has 1 aliphatic rings. The van der Waals surface area contributed by atoms with Crippen molar-refractivity contribution in [3.8, 4) is 0 Å². The van der Waals surface area contributed by atoms with Crippen molar-refractivity contribution in [2.45, 2.75) is 30.7 Å². The summed E-state index contributed by atoms with van der Waals surface area (Å²) >= 11 is 0. The first kappa shape index (κ1) is 16.0. The Kier molecular flexibility index (Phi) is 6.35. The molecule has 0 saturated carbocycles. The normalized spacial score (nSPS) is 34.8. The third kappa shape index (κ3) is 4.23. The maximum Gasteiger partial charge on any atom is 0.246 e. The molecule has 1 heterocycles. The molecule has 8 nitrogen and oxygen atoms in total. The molecule has 0 radical (unpaired) electrons. The van der Waals surface area contributed by atoms with E-state index in [2.05, 4.69) is 11.9 Å². The molecule has 110 valence electrons. The average Bonchev–Trinajstić information content (AvgIpc) is 2.41. The molecular weight excluding hydrogens is 258 g/mol. The third-order valence-corrected chi connectivity index (χ3v) is 2.67. The highest BCUT2D eigenvalue weighted by molar-refractivity contribution is 5.77. The molecule has 5 N–H and O–H groups in total. The number of hydrogen-bond donors (Lipinski definition) is 5. The minimum absolute atomic E-state index is 0.275. The fourth-order valence-electron chi connectivity index (χ4n) is 1.60. The van der Waals surface area contributed by atoms with Crippen LogP contribution in [0.3, 0.4) is 0 Å². The predicted molar refractivity (Wildman–Crippen MR) is 62.9 cm³/mol. The fourth-order valence-corrected chi connectivity index (χ4v) is 1.60. The topological polar surface area (TPSA) is 128 Å². The summed E-state index contributed by atoms with van der Waals surface area (Å²) in [7, 11) is 0. The van der Waals surface area contributed by atoms with Crippen LogP contribution in [-0.4, -0.2) is 76.8 Å². The van der Waals surface area contributed by atoms with Gasteiger partial charge in [0.15, 0.2) is 6.29 Å². The summed E-state index contributed by atoms with van der Waals surface area (Å²) in [5.74, 6) is -0.447. The zero-order valence-corrected chi connectivity index (χ0v) is 10.3. The van der Waals surface area contributed by atoms with Gasteiger partial charge in [0.25, 0.3) is 0 Å². The Bertz CT molecular complexity index is 309. The molecule has 8 heteroatoms. The number of hydrogen-bond acceptors (Lipinski definition) is 7. The van der Waals surface area contributed by atoms with E-state index in [4.69, 9.17) is 14.6 Å². The lowest BCUT2D eigenvalue weighted by Gasteiger charge is -2.39. The van der Waals surface area contributed by atoms with Gasteiger partial charge in [-0.25, -0.2) is 0 Å². The van der Waals surface area contributed by atoms with Crippen molar-refractivity contribution in [3.63, 3.8) is 0 Å². The standard InChI is InChI=1S/C11H19NO7/c1-2-3-12-7(14)5-18-11-10(17)9(16)8(15)6(4-13)19-11/h2,6,8-11,13,15-17H,1,3-5H2,(H,12,14)/t6-,8-,9+,10-,11+/m1/s1. The lowest BCUT2D eigenvalue weighted by atomic mass is 9.99. The van der Waals surface area contributed by atoms with E-state index in [9.17, 15) is 20.1 Å². The van der Waals surface area contributed by atoms with Gasteiger partial charge in [-0.1, -0.05) is 6.08 Å². The van der Waals surface area contributed by atoms with Gasteiger partial charge in [-0.15, -0.1) is 6.58 Å². The summed E-state index contributed by atoms with van der Waals surface area (Å²) in [6, 6.07) is 0. The zero-order chi connectivity index (χ0) is 14.4. The van der Waals surface area contributed by atoms with Gasteiger partial charge in [0.2, 0.25) is 5.91 Å². The molecule has 1 fully saturated rings. The molecule has 1 aliphatic heterocycles. The highest BCUT2D eigenvalue weighted by Crippen LogP contribution is 2.21. The van der Waals surface area contributed by atoms with Crippen molar-refractivity contribution < 1.29 is 34.7 Å². The second kappa shape index (κ2) is 7.53. The van der Waals surface area contributed by atoms with Gasteiger partial charge >= 0.3 is 0 Å². The number of carbonyl (C=O) groups excluding carboxylic acids is 1. The summed E-state index contributed by atoms with van der Waals surface area (Å²) < 4.78 is 10.1. The van der Waals surface area contributed by atoms with Gasteiger partial charge < -0.3 is 35.2 Å². The number of amides is 1. The van der Waals surface area contributed by atoms with Gasteiger partial charge in [-0.05, 0) is 0 Å². The molecule has 0 bridgehead atoms. The van der Waals surface area contributed by atoms with E-state index in [-0.39, 0.29) is 6.54 Å². The fraction of sp³-hybridized carbons (Fsp3) is 0.727. The summed E-state index contributed by atoms with van der Waals surface area (Å²) in [6.07, 6.45) is -5.34. The Labute approximate surface area is 110 Å². The Balaban J connectivity index is 2.48. The van der Waals surface area contributed by atoms with Crippen LogP contribution in [0, 0.1) is 0 Å². The van der Waals surface area contributed by atoms with Crippen molar-refractivity contribution in [1.29, 1.82) is 0 Å². The van der Waals surface area contributed by atoms with E-state index in [0.717, 1.165) is 0 Å². The van der Waals surface area contributed by atoms with E-state index in [1.54, 1.807) is 0 Å². The first-order chi connectivity index (χ1) is 9.01. The van der Waals surface area contributed by atoms with Crippen LogP contribution in [0.1, 0.15) is 0 Å². The number of ether oxygens (including phenoxy) is 2. The Morgan fingerprint density at radius 3 is 2.58 bits per heavy atom. The van der Waals surface area contributed by atoms with E-state index >= 15 is 0 Å². The summed E-state index contributed by atoms with van der Waals surface area (Å²) in [5.41, 5.74) is 0. The molecule has 1 saturated heterocycles. The number of aliphatic hydroxyl groups is 4. The van der Waals surface area contributed by atoms with E-state index < -0.39 is 49.8 Å². The minimum Gasteiger partial charge on any atom is -0.394 e. The zero-order valence-electron chi connectivity index (χ0n) is 10.3. The summed E-state index contributed by atoms with van der Waals surface area (Å²) in [6.45, 7) is 2.76. The molecule has 0 aromatic carbocycles. The molecule has 5 atom stereocenters. The number of rotatable bonds is 6. The molecule has 1 amide bonds. The molecule has 0 aliphatic carbocycles. The predicted octanol–water partition coefficient (Wildman–Crippen LogP) is -2.89. The van der Waals surface area contributed by atoms with E-state index in [0.29, 0.717) is 0 Å². The molecule has 0 spiro atoms. The van der Waals surface area contributed by atoms with E-state index in [1.807, 2.05) is 0 Å². The lowest BCUT2D eigenvalue weighted by Crippen LogP contribution is -2.59. The molecule has 19 heavy (non-hydrogen) atoms. The highest BCUT2D eigenvalue weighted by atomic mass is 16.7. The van der Waals surface area contributed by atoms with Crippen LogP contribution in [0.4, 0.5) is 0 Å². The first-order valence-corrected chi connectivity index (χ1v) is 5.81. The van der Waals surface area contributed by atoms with Crippen molar-refractivity contribution in [2.24, 2.45) is 0 Å². The maximum absolute atomic E-state index is 11.3. The third-order valence-electron chi connectivity index (χ3n) is 2.67. The van der Waals surface area contributed by atoms with Gasteiger partial charge in [0.1, 0.15) is 31.0 Å². The van der Waals surface area contributed by atoms with Crippen LogP contribution in [0.15, 0.2) is 12.7 Å². The molecule has 1 rings (SSSR count). The first-order valence-electron chi connectivity index (χ1n) is 5.81. The second-order valence-electron chi connectivity index (χ2n) is 4.10. The number of nitrogens with one attached hydrogen (secondary N) is 1. The Hall–Kier alpha value is -1.03. The summed E-state index contributed by atoms with van der Waals surface area (Å²) in [5, 5.41) is 40.0. The van der Waals surface area contributed by atoms with Crippen LogP contribution in [0.5, 0.6) is 0 Å². The van der Waals surface area contributed by atoms with Crippen molar-refractivity contribution in [1.82, 2.24) is 5.32 Å². The molecule has 0 unspecified atom stereocenters. The van der Waals surface area contributed by atoms with Crippen LogP contribution in [-0.2, 0) is 14.3 Å². The van der Waals surface area contributed by atoms with Crippen LogP contribution in [0.25, 0.3) is 0 Å². The average molecular weight is 277 g/mol. The van der Waals surface area contributed by atoms with Crippen molar-refractivity contribution >= 4 is 5.91 Å². The smallest absolute Gasteiger partial charge is 0.246 e. The second-order valence-corrected chi connectivity index (χ2v) is 4.10. The molecule has 0 aromatic heterocycles. The van der Waals surface area contributed by atoms with Crippen molar-refractivity contribution in [3.05, 3.63) is 12.7 Å².